The maximum atomic E-state index is 4.56. The summed E-state index contributed by atoms with van der Waals surface area (Å²) in [6, 6.07) is 2.06. The summed E-state index contributed by atoms with van der Waals surface area (Å²) in [5.41, 5.74) is 1.93. The van der Waals surface area contributed by atoms with E-state index in [2.05, 4.69) is 75.3 Å². The van der Waals surface area contributed by atoms with Gasteiger partial charge in [0.15, 0.2) is 5.65 Å². The summed E-state index contributed by atoms with van der Waals surface area (Å²) in [7, 11) is 0. The Morgan fingerprint density at radius 1 is 1.43 bits per heavy atom. The van der Waals surface area contributed by atoms with E-state index < -0.39 is 0 Å². The van der Waals surface area contributed by atoms with Gasteiger partial charge in [0.1, 0.15) is 11.3 Å². The zero-order chi connectivity index (χ0) is 10.3. The Bertz CT molecular complexity index is 476. The molecule has 0 saturated carbocycles. The van der Waals surface area contributed by atoms with Crippen LogP contribution in [0.15, 0.2) is 12.3 Å². The largest absolute Gasteiger partial charge is 0.251 e. The van der Waals surface area contributed by atoms with Crippen LogP contribution in [-0.4, -0.2) is 12.7 Å². The fourth-order valence-corrected chi connectivity index (χ4v) is 2.76. The van der Waals surface area contributed by atoms with E-state index in [-0.39, 0.29) is 0 Å². The summed E-state index contributed by atoms with van der Waals surface area (Å²) >= 11 is 4.50. The highest BCUT2D eigenvalue weighted by molar-refractivity contribution is 14.1. The van der Waals surface area contributed by atoms with Crippen molar-refractivity contribution in [1.29, 1.82) is 0 Å². The van der Waals surface area contributed by atoms with Crippen molar-refractivity contribution in [2.75, 3.05) is 0 Å². The van der Waals surface area contributed by atoms with Crippen molar-refractivity contribution in [3.8, 4) is 0 Å². The summed E-state index contributed by atoms with van der Waals surface area (Å²) in [6.07, 6.45) is 1.86. The lowest BCUT2D eigenvalue weighted by molar-refractivity contribution is 0.792. The van der Waals surface area contributed by atoms with Crippen LogP contribution in [-0.2, 0) is 0 Å². The highest BCUT2D eigenvalue weighted by Gasteiger charge is 2.12. The molecule has 3 nitrogen and oxygen atoms in total. The van der Waals surface area contributed by atoms with Gasteiger partial charge >= 0.3 is 0 Å². The molecule has 14 heavy (non-hydrogen) atoms. The smallest absolute Gasteiger partial charge is 0.169 e. The number of rotatable bonds is 1. The van der Waals surface area contributed by atoms with E-state index in [0.717, 1.165) is 20.6 Å². The number of fused-ring (bicyclic) bond motifs is 1. The minimum Gasteiger partial charge on any atom is -0.251 e. The fraction of sp³-hybridized carbons (Fsp3) is 0.333. The molecule has 0 aliphatic rings. The van der Waals surface area contributed by atoms with E-state index in [1.54, 1.807) is 0 Å². The molecule has 5 heteroatoms. The Labute approximate surface area is 110 Å². The number of hydrogen-bond donors (Lipinski definition) is 0. The summed E-state index contributed by atoms with van der Waals surface area (Å²) in [5.74, 6) is 1.51. The molecule has 0 unspecified atom stereocenters. The van der Waals surface area contributed by atoms with Crippen molar-refractivity contribution < 1.29 is 0 Å². The third-order valence-electron chi connectivity index (χ3n) is 1.95. The number of pyridine rings is 1. The van der Waals surface area contributed by atoms with E-state index in [4.69, 9.17) is 0 Å². The first-order valence-corrected chi connectivity index (χ1v) is 6.34. The Hall–Kier alpha value is 0.0800. The first kappa shape index (κ1) is 10.6. The number of aromatic nitrogens is 3. The average Bonchev–Trinajstić information content (AvgIpc) is 2.43. The first-order chi connectivity index (χ1) is 6.59. The normalized spacial score (nSPS) is 11.5. The Morgan fingerprint density at radius 3 is 2.79 bits per heavy atom. The van der Waals surface area contributed by atoms with Crippen LogP contribution in [0.25, 0.3) is 11.2 Å². The summed E-state index contributed by atoms with van der Waals surface area (Å²) < 4.78 is 3.16. The molecule has 0 radical (unpaired) electrons. The van der Waals surface area contributed by atoms with Gasteiger partial charge in [-0.1, -0.05) is 13.8 Å². The highest BCUT2D eigenvalue weighted by atomic mass is 127. The molecule has 0 saturated heterocycles. The van der Waals surface area contributed by atoms with Crippen LogP contribution in [0.5, 0.6) is 0 Å². The average molecular weight is 413 g/mol. The number of nitrogens with zero attached hydrogens (tertiary/aromatic N) is 3. The highest BCUT2D eigenvalue weighted by Crippen LogP contribution is 2.23. The van der Waals surface area contributed by atoms with Gasteiger partial charge in [-0.15, -0.1) is 0 Å². The van der Waals surface area contributed by atoms with E-state index in [1.807, 2.05) is 8.98 Å². The predicted molar refractivity (Wildman–Crippen MR) is 73.8 cm³/mol. The molecule has 2 heterocycles. The first-order valence-electron chi connectivity index (χ1n) is 4.29. The molecular weight excluding hydrogens is 404 g/mol. The van der Waals surface area contributed by atoms with Crippen molar-refractivity contribution >= 4 is 56.6 Å². The zero-order valence-corrected chi connectivity index (χ0v) is 12.1. The second-order valence-corrected chi connectivity index (χ2v) is 5.61. The third kappa shape index (κ3) is 1.75. The van der Waals surface area contributed by atoms with Gasteiger partial charge in [-0.2, -0.15) is 0 Å². The molecule has 0 N–H and O–H groups in total. The second kappa shape index (κ2) is 3.92. The van der Waals surface area contributed by atoms with E-state index in [1.165, 1.54) is 0 Å². The Morgan fingerprint density at radius 2 is 2.14 bits per heavy atom. The van der Waals surface area contributed by atoms with E-state index in [0.29, 0.717) is 5.92 Å². The molecule has 2 rings (SSSR count). The van der Waals surface area contributed by atoms with Crippen molar-refractivity contribution in [3.05, 3.63) is 21.7 Å². The van der Waals surface area contributed by atoms with Gasteiger partial charge < -0.3 is 0 Å². The standard InChI is InChI=1S/C9H9I2N3/c1-5(2)8-13-7-3-6(10)4-12-9(7)14(8)11/h3-5H,1-2H3. The van der Waals surface area contributed by atoms with Crippen molar-refractivity contribution in [2.45, 2.75) is 19.8 Å². The van der Waals surface area contributed by atoms with Gasteiger partial charge in [0.05, 0.1) is 22.9 Å². The van der Waals surface area contributed by atoms with Gasteiger partial charge in [-0.3, -0.25) is 2.78 Å². The van der Waals surface area contributed by atoms with Crippen molar-refractivity contribution in [1.82, 2.24) is 12.7 Å². The molecular formula is C9H9I2N3. The van der Waals surface area contributed by atoms with Crippen LogP contribution in [0.3, 0.4) is 0 Å². The SMILES string of the molecule is CC(C)c1nc2cc(I)cnc2n1I. The number of halogens is 2. The maximum absolute atomic E-state index is 4.56. The third-order valence-corrected chi connectivity index (χ3v) is 3.49. The van der Waals surface area contributed by atoms with Crippen LogP contribution in [0, 0.1) is 3.57 Å². The summed E-state index contributed by atoms with van der Waals surface area (Å²) in [6.45, 7) is 4.28. The molecule has 0 atom stereocenters. The quantitative estimate of drug-likeness (QED) is 0.672. The van der Waals surface area contributed by atoms with Gasteiger partial charge in [-0.25, -0.2) is 9.97 Å². The van der Waals surface area contributed by atoms with Crippen LogP contribution in [0.1, 0.15) is 25.6 Å². The minimum atomic E-state index is 0.429. The topological polar surface area (TPSA) is 30.7 Å². The maximum Gasteiger partial charge on any atom is 0.169 e. The van der Waals surface area contributed by atoms with Gasteiger partial charge in [0.2, 0.25) is 0 Å². The number of imidazole rings is 1. The van der Waals surface area contributed by atoms with Crippen molar-refractivity contribution in [2.24, 2.45) is 0 Å². The summed E-state index contributed by atoms with van der Waals surface area (Å²) in [5, 5.41) is 0. The molecule has 0 aliphatic carbocycles. The lowest BCUT2D eigenvalue weighted by Crippen LogP contribution is -1.94. The molecule has 0 amide bonds. The molecule has 2 aromatic heterocycles. The molecule has 0 fully saturated rings. The fourth-order valence-electron chi connectivity index (χ4n) is 1.29. The van der Waals surface area contributed by atoms with Gasteiger partial charge in [0.25, 0.3) is 0 Å². The lowest BCUT2D eigenvalue weighted by Gasteiger charge is -2.01. The predicted octanol–water partition coefficient (Wildman–Crippen LogP) is 3.36. The lowest BCUT2D eigenvalue weighted by atomic mass is 10.2. The van der Waals surface area contributed by atoms with Crippen LogP contribution < -0.4 is 0 Å². The zero-order valence-electron chi connectivity index (χ0n) is 7.83. The molecule has 2 aromatic rings. The molecule has 0 aliphatic heterocycles. The molecule has 0 aromatic carbocycles. The Balaban J connectivity index is 2.73. The Kier molecular flexibility index (Phi) is 2.96. The van der Waals surface area contributed by atoms with Crippen LogP contribution in [0.4, 0.5) is 0 Å². The van der Waals surface area contributed by atoms with Gasteiger partial charge in [-0.05, 0) is 28.7 Å². The monoisotopic (exact) mass is 413 g/mol. The van der Waals surface area contributed by atoms with Crippen LogP contribution >= 0.6 is 45.5 Å². The summed E-state index contributed by atoms with van der Waals surface area (Å²) in [4.78, 5) is 8.93. The minimum absolute atomic E-state index is 0.429. The second-order valence-electron chi connectivity index (χ2n) is 3.40. The molecule has 0 bridgehead atoms. The molecule has 74 valence electrons. The van der Waals surface area contributed by atoms with Crippen LogP contribution in [0.2, 0.25) is 0 Å². The number of hydrogen-bond acceptors (Lipinski definition) is 2. The van der Waals surface area contributed by atoms with Crippen molar-refractivity contribution in [3.63, 3.8) is 0 Å². The van der Waals surface area contributed by atoms with Gasteiger partial charge in [0, 0.05) is 15.7 Å². The van der Waals surface area contributed by atoms with E-state index in [9.17, 15) is 0 Å². The van der Waals surface area contributed by atoms with E-state index >= 15 is 0 Å². The molecule has 0 spiro atoms.